The third-order valence-corrected chi connectivity index (χ3v) is 4.39. The zero-order valence-electron chi connectivity index (χ0n) is 13.7. The van der Waals surface area contributed by atoms with E-state index in [-0.39, 0.29) is 36.3 Å². The second-order valence-electron chi connectivity index (χ2n) is 5.58. The van der Waals surface area contributed by atoms with Gasteiger partial charge in [-0.1, -0.05) is 0 Å². The molecule has 132 valence electrons. The van der Waals surface area contributed by atoms with Gasteiger partial charge in [-0.2, -0.15) is 0 Å². The molecule has 1 amide bonds. The van der Waals surface area contributed by atoms with Gasteiger partial charge in [0, 0.05) is 35.7 Å². The minimum absolute atomic E-state index is 0.0174. The number of hydrogen-bond donors (Lipinski definition) is 1. The van der Waals surface area contributed by atoms with Crippen molar-refractivity contribution in [3.63, 3.8) is 0 Å². The average molecular weight is 363 g/mol. The van der Waals surface area contributed by atoms with Crippen molar-refractivity contribution in [1.82, 2.24) is 9.88 Å². The van der Waals surface area contributed by atoms with E-state index in [4.69, 9.17) is 5.11 Å². The molecule has 0 atom stereocenters. The number of carbonyl (C=O) groups is 2. The number of aromatic nitrogens is 1. The third-order valence-electron chi connectivity index (χ3n) is 3.50. The molecule has 0 bridgehead atoms. The first-order valence-corrected chi connectivity index (χ1v) is 8.40. The Labute approximate surface area is 147 Å². The normalized spacial score (nSPS) is 10.7. The van der Waals surface area contributed by atoms with Gasteiger partial charge in [0.05, 0.1) is 11.3 Å². The van der Waals surface area contributed by atoms with Crippen LogP contribution in [0.5, 0.6) is 0 Å². The maximum atomic E-state index is 12.6. The lowest BCUT2D eigenvalue weighted by Gasteiger charge is -2.25. The number of thiazole rings is 1. The molecule has 1 N–H and O–H groups in total. The van der Waals surface area contributed by atoms with Crippen LogP contribution >= 0.6 is 11.3 Å². The largest absolute Gasteiger partial charge is 0.481 e. The van der Waals surface area contributed by atoms with Crippen molar-refractivity contribution in [3.05, 3.63) is 45.5 Å². The second kappa shape index (κ2) is 7.84. The third kappa shape index (κ3) is 4.60. The summed E-state index contributed by atoms with van der Waals surface area (Å²) in [6.07, 6.45) is -0.136. The molecule has 1 heterocycles. The molecule has 0 aliphatic heterocycles. The SMILES string of the molecule is CC(C)N(CCC(=O)O)C(=O)c1csc(-c2ccc([N+](=O)[O-])cc2)n1. The van der Waals surface area contributed by atoms with Crippen LogP contribution in [0.1, 0.15) is 30.8 Å². The number of hydrogen-bond acceptors (Lipinski definition) is 6. The van der Waals surface area contributed by atoms with Gasteiger partial charge in [-0.05, 0) is 26.0 Å². The fraction of sp³-hybridized carbons (Fsp3) is 0.312. The number of carboxylic acids is 1. The number of carboxylic acid groups (broad SMARTS) is 1. The van der Waals surface area contributed by atoms with Gasteiger partial charge in [0.1, 0.15) is 10.7 Å². The van der Waals surface area contributed by atoms with Crippen LogP contribution in [0.25, 0.3) is 10.6 Å². The maximum Gasteiger partial charge on any atom is 0.305 e. The van der Waals surface area contributed by atoms with Crippen molar-refractivity contribution >= 4 is 28.9 Å². The first kappa shape index (κ1) is 18.5. The van der Waals surface area contributed by atoms with Crippen molar-refractivity contribution in [2.24, 2.45) is 0 Å². The molecule has 25 heavy (non-hydrogen) atoms. The van der Waals surface area contributed by atoms with Gasteiger partial charge in [-0.25, -0.2) is 4.98 Å². The Kier molecular flexibility index (Phi) is 5.81. The summed E-state index contributed by atoms with van der Waals surface area (Å²) in [5.74, 6) is -1.30. The zero-order valence-corrected chi connectivity index (χ0v) is 14.5. The van der Waals surface area contributed by atoms with Crippen LogP contribution < -0.4 is 0 Å². The number of nitro groups is 1. The fourth-order valence-corrected chi connectivity index (χ4v) is 2.99. The number of amides is 1. The van der Waals surface area contributed by atoms with Crippen LogP contribution in [-0.2, 0) is 4.79 Å². The molecule has 0 saturated heterocycles. The highest BCUT2D eigenvalue weighted by Gasteiger charge is 2.22. The van der Waals surface area contributed by atoms with E-state index >= 15 is 0 Å². The van der Waals surface area contributed by atoms with E-state index in [1.54, 1.807) is 17.5 Å². The summed E-state index contributed by atoms with van der Waals surface area (Å²) in [5, 5.41) is 21.7. The maximum absolute atomic E-state index is 12.6. The lowest BCUT2D eigenvalue weighted by Crippen LogP contribution is -2.38. The Morgan fingerprint density at radius 3 is 2.48 bits per heavy atom. The van der Waals surface area contributed by atoms with E-state index in [0.29, 0.717) is 10.6 Å². The first-order chi connectivity index (χ1) is 11.8. The van der Waals surface area contributed by atoms with Crippen molar-refractivity contribution in [1.29, 1.82) is 0 Å². The molecule has 0 aliphatic carbocycles. The van der Waals surface area contributed by atoms with Crippen molar-refractivity contribution in [2.75, 3.05) is 6.54 Å². The van der Waals surface area contributed by atoms with Crippen molar-refractivity contribution in [3.8, 4) is 10.6 Å². The van der Waals surface area contributed by atoms with Gasteiger partial charge in [0.2, 0.25) is 0 Å². The topological polar surface area (TPSA) is 114 Å². The van der Waals surface area contributed by atoms with E-state index in [1.807, 2.05) is 13.8 Å². The van der Waals surface area contributed by atoms with Crippen LogP contribution in [0.2, 0.25) is 0 Å². The molecule has 1 aromatic heterocycles. The quantitative estimate of drug-likeness (QED) is 0.597. The molecule has 9 heteroatoms. The number of benzene rings is 1. The summed E-state index contributed by atoms with van der Waals surface area (Å²) in [4.78, 5) is 39.3. The van der Waals surface area contributed by atoms with Crippen molar-refractivity contribution < 1.29 is 19.6 Å². The monoisotopic (exact) mass is 363 g/mol. The van der Waals surface area contributed by atoms with Gasteiger partial charge in [0.15, 0.2) is 0 Å². The highest BCUT2D eigenvalue weighted by molar-refractivity contribution is 7.13. The lowest BCUT2D eigenvalue weighted by molar-refractivity contribution is -0.384. The first-order valence-electron chi connectivity index (χ1n) is 7.52. The van der Waals surface area contributed by atoms with E-state index < -0.39 is 10.9 Å². The smallest absolute Gasteiger partial charge is 0.305 e. The Hall–Kier alpha value is -2.81. The van der Waals surface area contributed by atoms with Gasteiger partial charge in [-0.3, -0.25) is 19.7 Å². The molecule has 0 aliphatic rings. The molecular formula is C16H17N3O5S. The highest BCUT2D eigenvalue weighted by Crippen LogP contribution is 2.26. The van der Waals surface area contributed by atoms with Crippen LogP contribution in [0.3, 0.4) is 0 Å². The summed E-state index contributed by atoms with van der Waals surface area (Å²) in [7, 11) is 0. The molecule has 2 aromatic rings. The minimum atomic E-state index is -0.969. The summed E-state index contributed by atoms with van der Waals surface area (Å²) in [6.45, 7) is 3.73. The summed E-state index contributed by atoms with van der Waals surface area (Å²) >= 11 is 1.25. The number of aliphatic carboxylic acids is 1. The van der Waals surface area contributed by atoms with E-state index in [9.17, 15) is 19.7 Å². The van der Waals surface area contributed by atoms with Gasteiger partial charge in [0.25, 0.3) is 11.6 Å². The highest BCUT2D eigenvalue weighted by atomic mass is 32.1. The molecule has 0 fully saturated rings. The molecular weight excluding hydrogens is 346 g/mol. The average Bonchev–Trinajstić information content (AvgIpc) is 3.04. The Morgan fingerprint density at radius 2 is 1.96 bits per heavy atom. The van der Waals surface area contributed by atoms with E-state index in [0.717, 1.165) is 0 Å². The zero-order chi connectivity index (χ0) is 18.6. The molecule has 0 radical (unpaired) electrons. The predicted molar refractivity (Wildman–Crippen MR) is 92.6 cm³/mol. The summed E-state index contributed by atoms with van der Waals surface area (Å²) in [5.41, 5.74) is 0.894. The standard InChI is InChI=1S/C16H17N3O5S/c1-10(2)18(8-7-14(20)21)16(22)13-9-25-15(17-13)11-3-5-12(6-4-11)19(23)24/h3-6,9-10H,7-8H2,1-2H3,(H,20,21). The predicted octanol–water partition coefficient (Wildman–Crippen LogP) is 3.04. The number of nitrogens with zero attached hydrogens (tertiary/aromatic N) is 3. The Bertz CT molecular complexity index is 785. The number of carbonyl (C=O) groups excluding carboxylic acids is 1. The summed E-state index contributed by atoms with van der Waals surface area (Å²) in [6, 6.07) is 5.76. The van der Waals surface area contributed by atoms with E-state index in [1.165, 1.54) is 28.4 Å². The molecule has 1 aromatic carbocycles. The number of non-ortho nitro benzene ring substituents is 1. The fourth-order valence-electron chi connectivity index (χ4n) is 2.19. The molecule has 2 rings (SSSR count). The van der Waals surface area contributed by atoms with Crippen LogP contribution in [0, 0.1) is 10.1 Å². The Morgan fingerprint density at radius 1 is 1.32 bits per heavy atom. The van der Waals surface area contributed by atoms with Gasteiger partial charge in [-0.15, -0.1) is 11.3 Å². The molecule has 8 nitrogen and oxygen atoms in total. The van der Waals surface area contributed by atoms with Crippen LogP contribution in [-0.4, -0.2) is 44.4 Å². The van der Waals surface area contributed by atoms with Gasteiger partial charge >= 0.3 is 5.97 Å². The number of nitro benzene ring substituents is 1. The van der Waals surface area contributed by atoms with Crippen LogP contribution in [0.4, 0.5) is 5.69 Å². The second-order valence-corrected chi connectivity index (χ2v) is 6.44. The van der Waals surface area contributed by atoms with Crippen molar-refractivity contribution in [2.45, 2.75) is 26.3 Å². The van der Waals surface area contributed by atoms with E-state index in [2.05, 4.69) is 4.98 Å². The van der Waals surface area contributed by atoms with Gasteiger partial charge < -0.3 is 10.0 Å². The molecule has 0 unspecified atom stereocenters. The lowest BCUT2D eigenvalue weighted by atomic mass is 10.2. The summed E-state index contributed by atoms with van der Waals surface area (Å²) < 4.78 is 0. The number of rotatable bonds is 7. The molecule has 0 saturated carbocycles. The van der Waals surface area contributed by atoms with Crippen LogP contribution in [0.15, 0.2) is 29.6 Å². The Balaban J connectivity index is 2.19. The minimum Gasteiger partial charge on any atom is -0.481 e. The molecule has 0 spiro atoms.